The van der Waals surface area contributed by atoms with E-state index in [0.717, 1.165) is 54.1 Å². The van der Waals surface area contributed by atoms with Gasteiger partial charge in [-0.3, -0.25) is 4.79 Å². The topological polar surface area (TPSA) is 60.5 Å². The molecule has 1 aliphatic carbocycles. The SMILES string of the molecule is CC=C1NC(=O)C(CC)N(C2CCCC2)C1=NC(=C(C)CC)c1cc2ccccc2[nH]1. The van der Waals surface area contributed by atoms with E-state index in [4.69, 9.17) is 4.99 Å². The van der Waals surface area contributed by atoms with Crippen LogP contribution in [0.15, 0.2) is 52.7 Å². The highest BCUT2D eigenvalue weighted by atomic mass is 16.2. The van der Waals surface area contributed by atoms with E-state index >= 15 is 0 Å². The zero-order valence-corrected chi connectivity index (χ0v) is 19.2. The second-order valence-electron chi connectivity index (χ2n) is 8.65. The minimum absolute atomic E-state index is 0.0878. The number of amides is 1. The summed E-state index contributed by atoms with van der Waals surface area (Å²) in [4.78, 5) is 24.1. The van der Waals surface area contributed by atoms with Crippen molar-refractivity contribution in [3.63, 3.8) is 0 Å². The molecule has 164 valence electrons. The number of nitrogens with one attached hydrogen (secondary N) is 2. The molecule has 1 saturated carbocycles. The average molecular weight is 419 g/mol. The van der Waals surface area contributed by atoms with Gasteiger partial charge in [-0.15, -0.1) is 0 Å². The maximum Gasteiger partial charge on any atom is 0.247 e. The van der Waals surface area contributed by atoms with Crippen molar-refractivity contribution in [3.05, 3.63) is 53.4 Å². The number of carbonyl (C=O) groups is 1. The van der Waals surface area contributed by atoms with Gasteiger partial charge in [-0.05, 0) is 57.2 Å². The van der Waals surface area contributed by atoms with Crippen LogP contribution < -0.4 is 5.32 Å². The second-order valence-corrected chi connectivity index (χ2v) is 8.65. The fourth-order valence-corrected chi connectivity index (χ4v) is 4.86. The summed E-state index contributed by atoms with van der Waals surface area (Å²) in [6.45, 7) is 8.39. The number of aliphatic imine (C=N–C) groups is 1. The number of amidine groups is 1. The normalized spacial score (nSPS) is 23.7. The molecule has 0 spiro atoms. The number of nitrogens with zero attached hydrogens (tertiary/aromatic N) is 2. The predicted octanol–water partition coefficient (Wildman–Crippen LogP) is 5.76. The number of carbonyl (C=O) groups excluding carboxylic acids is 1. The van der Waals surface area contributed by atoms with Crippen molar-refractivity contribution in [2.75, 3.05) is 0 Å². The van der Waals surface area contributed by atoms with E-state index in [9.17, 15) is 4.79 Å². The summed E-state index contributed by atoms with van der Waals surface area (Å²) in [5.74, 6) is 0.993. The molecule has 2 N–H and O–H groups in total. The predicted molar refractivity (Wildman–Crippen MR) is 129 cm³/mol. The summed E-state index contributed by atoms with van der Waals surface area (Å²) in [5.41, 5.74) is 5.16. The van der Waals surface area contributed by atoms with E-state index in [1.807, 2.05) is 19.1 Å². The van der Waals surface area contributed by atoms with Crippen molar-refractivity contribution in [3.8, 4) is 0 Å². The highest BCUT2D eigenvalue weighted by Gasteiger charge is 2.39. The fraction of sp³-hybridized carbons (Fsp3) is 0.462. The summed E-state index contributed by atoms with van der Waals surface area (Å²) < 4.78 is 0. The molecule has 2 heterocycles. The number of para-hydroxylation sites is 1. The summed E-state index contributed by atoms with van der Waals surface area (Å²) in [7, 11) is 0. The first-order chi connectivity index (χ1) is 15.1. The summed E-state index contributed by atoms with van der Waals surface area (Å²) in [6.07, 6.45) is 8.35. The Balaban J connectivity index is 1.87. The van der Waals surface area contributed by atoms with Crippen molar-refractivity contribution < 1.29 is 4.79 Å². The van der Waals surface area contributed by atoms with Crippen LogP contribution in [0.4, 0.5) is 0 Å². The van der Waals surface area contributed by atoms with Crippen LogP contribution in [0.2, 0.25) is 0 Å². The van der Waals surface area contributed by atoms with Gasteiger partial charge in [0, 0.05) is 16.9 Å². The monoisotopic (exact) mass is 418 g/mol. The number of hydrogen-bond donors (Lipinski definition) is 2. The molecule has 0 bridgehead atoms. The number of fused-ring (bicyclic) bond motifs is 1. The quantitative estimate of drug-likeness (QED) is 0.648. The van der Waals surface area contributed by atoms with Gasteiger partial charge < -0.3 is 15.2 Å². The van der Waals surface area contributed by atoms with Crippen molar-refractivity contribution in [2.24, 2.45) is 4.99 Å². The maximum absolute atomic E-state index is 12.9. The number of allylic oxidation sites excluding steroid dienone is 2. The molecule has 0 radical (unpaired) electrons. The van der Waals surface area contributed by atoms with Gasteiger partial charge in [-0.1, -0.05) is 51.0 Å². The average Bonchev–Trinajstić information content (AvgIpc) is 3.46. The Labute approximate surface area is 185 Å². The van der Waals surface area contributed by atoms with Crippen LogP contribution in [0, 0.1) is 0 Å². The molecule has 2 aliphatic rings. The minimum atomic E-state index is -0.170. The Morgan fingerprint density at radius 1 is 1.23 bits per heavy atom. The molecule has 1 saturated heterocycles. The smallest absolute Gasteiger partial charge is 0.247 e. The van der Waals surface area contributed by atoms with E-state index in [2.05, 4.69) is 60.2 Å². The van der Waals surface area contributed by atoms with Crippen LogP contribution >= 0.6 is 0 Å². The molecule has 2 aromatic rings. The van der Waals surface area contributed by atoms with E-state index < -0.39 is 0 Å². The Morgan fingerprint density at radius 3 is 2.61 bits per heavy atom. The zero-order valence-electron chi connectivity index (χ0n) is 19.2. The standard InChI is InChI=1S/C26H34N4O/c1-5-17(4)24(22-16-18-12-8-11-15-21(18)27-22)29-25-20(6-2)28-26(31)23(7-3)30(25)19-13-9-10-14-19/h6,8,11-12,15-16,19,23,27H,5,7,9-10,13-14H2,1-4H3,(H,28,31). The molecule has 31 heavy (non-hydrogen) atoms. The zero-order chi connectivity index (χ0) is 22.0. The molecule has 2 fully saturated rings. The van der Waals surface area contributed by atoms with E-state index in [-0.39, 0.29) is 11.9 Å². The van der Waals surface area contributed by atoms with Gasteiger partial charge in [0.2, 0.25) is 5.91 Å². The molecular formula is C26H34N4O. The van der Waals surface area contributed by atoms with Crippen molar-refractivity contribution in [2.45, 2.75) is 78.3 Å². The van der Waals surface area contributed by atoms with Gasteiger partial charge in [-0.25, -0.2) is 4.99 Å². The molecular weight excluding hydrogens is 384 g/mol. The molecule has 1 aliphatic heterocycles. The minimum Gasteiger partial charge on any atom is -0.353 e. The lowest BCUT2D eigenvalue weighted by molar-refractivity contribution is -0.125. The number of hydrogen-bond acceptors (Lipinski definition) is 2. The number of aromatic amines is 1. The highest BCUT2D eigenvalue weighted by molar-refractivity contribution is 6.09. The van der Waals surface area contributed by atoms with Crippen LogP contribution in [0.3, 0.4) is 0 Å². The lowest BCUT2D eigenvalue weighted by atomic mass is 10.0. The molecule has 1 aromatic carbocycles. The highest BCUT2D eigenvalue weighted by Crippen LogP contribution is 2.32. The number of benzene rings is 1. The van der Waals surface area contributed by atoms with Gasteiger partial charge in [0.1, 0.15) is 6.04 Å². The molecule has 1 aromatic heterocycles. The second kappa shape index (κ2) is 9.13. The third kappa shape index (κ3) is 4.06. The van der Waals surface area contributed by atoms with Crippen molar-refractivity contribution in [1.29, 1.82) is 0 Å². The van der Waals surface area contributed by atoms with Crippen LogP contribution in [-0.4, -0.2) is 33.7 Å². The van der Waals surface area contributed by atoms with Gasteiger partial charge in [-0.2, -0.15) is 0 Å². The van der Waals surface area contributed by atoms with Crippen molar-refractivity contribution >= 4 is 28.3 Å². The molecule has 5 heteroatoms. The first-order valence-electron chi connectivity index (χ1n) is 11.7. The van der Waals surface area contributed by atoms with Gasteiger partial charge in [0.15, 0.2) is 5.84 Å². The van der Waals surface area contributed by atoms with E-state index in [1.165, 1.54) is 23.8 Å². The Hall–Kier alpha value is -2.82. The Bertz CT molecular complexity index is 1020. The lowest BCUT2D eigenvalue weighted by Crippen LogP contribution is -2.59. The van der Waals surface area contributed by atoms with E-state index in [0.29, 0.717) is 6.04 Å². The Morgan fingerprint density at radius 2 is 1.97 bits per heavy atom. The largest absolute Gasteiger partial charge is 0.353 e. The third-order valence-electron chi connectivity index (χ3n) is 6.71. The molecule has 5 nitrogen and oxygen atoms in total. The van der Waals surface area contributed by atoms with Gasteiger partial charge in [0.05, 0.1) is 17.1 Å². The fourth-order valence-electron chi connectivity index (χ4n) is 4.86. The number of aromatic nitrogens is 1. The lowest BCUT2D eigenvalue weighted by Gasteiger charge is -2.42. The first-order valence-corrected chi connectivity index (χ1v) is 11.7. The van der Waals surface area contributed by atoms with Gasteiger partial charge in [0.25, 0.3) is 0 Å². The maximum atomic E-state index is 12.9. The van der Waals surface area contributed by atoms with Crippen LogP contribution in [0.1, 0.15) is 71.9 Å². The first kappa shape index (κ1) is 21.4. The van der Waals surface area contributed by atoms with Crippen molar-refractivity contribution in [1.82, 2.24) is 15.2 Å². The Kier molecular flexibility index (Phi) is 6.30. The molecule has 1 amide bonds. The van der Waals surface area contributed by atoms with Gasteiger partial charge >= 0.3 is 0 Å². The van der Waals surface area contributed by atoms with Crippen LogP contribution in [0.5, 0.6) is 0 Å². The van der Waals surface area contributed by atoms with E-state index in [1.54, 1.807) is 0 Å². The van der Waals surface area contributed by atoms with Crippen LogP contribution in [0.25, 0.3) is 16.6 Å². The molecule has 1 unspecified atom stereocenters. The third-order valence-corrected chi connectivity index (χ3v) is 6.71. The number of H-pyrrole nitrogens is 1. The summed E-state index contributed by atoms with van der Waals surface area (Å²) in [5, 5.41) is 4.31. The molecule has 1 atom stereocenters. The summed E-state index contributed by atoms with van der Waals surface area (Å²) in [6, 6.07) is 10.7. The number of rotatable bonds is 5. The number of piperazine rings is 1. The van der Waals surface area contributed by atoms with Crippen LogP contribution in [-0.2, 0) is 4.79 Å². The summed E-state index contributed by atoms with van der Waals surface area (Å²) >= 11 is 0. The molecule has 4 rings (SSSR count).